The third kappa shape index (κ3) is 3.29. The number of carbonyl (C=O) groups is 1. The minimum atomic E-state index is -0.295. The first-order chi connectivity index (χ1) is 12.2. The highest BCUT2D eigenvalue weighted by Gasteiger charge is 2.25. The van der Waals surface area contributed by atoms with Gasteiger partial charge in [0.25, 0.3) is 0 Å². The number of benzene rings is 2. The Hall–Kier alpha value is -2.27. The van der Waals surface area contributed by atoms with Crippen LogP contribution in [0.25, 0.3) is 10.2 Å². The van der Waals surface area contributed by atoms with E-state index in [2.05, 4.69) is 11.1 Å². The number of para-hydroxylation sites is 2. The fraction of sp³-hybridized carbons (Fsp3) is 0.300. The minimum Gasteiger partial charge on any atom is -0.309 e. The van der Waals surface area contributed by atoms with Crippen LogP contribution in [-0.4, -0.2) is 17.4 Å². The summed E-state index contributed by atoms with van der Waals surface area (Å²) in [6.07, 6.45) is 3.66. The SMILES string of the molecule is O=C(CCCc1nc2ccccc2s1)N1CCCc2cccc(F)c21. The standard InChI is InChI=1S/C20H19FN2OS/c21-15-8-3-6-14-7-5-13-23(20(14)15)19(24)12-4-11-18-22-16-9-1-2-10-17(16)25-18/h1-3,6,8-10H,4-5,7,11-13H2. The van der Waals surface area contributed by atoms with E-state index in [0.717, 1.165) is 41.8 Å². The van der Waals surface area contributed by atoms with E-state index in [-0.39, 0.29) is 11.7 Å². The zero-order valence-electron chi connectivity index (χ0n) is 13.9. The van der Waals surface area contributed by atoms with Crippen molar-refractivity contribution in [2.24, 2.45) is 0 Å². The van der Waals surface area contributed by atoms with Crippen molar-refractivity contribution in [2.75, 3.05) is 11.4 Å². The molecule has 0 aliphatic carbocycles. The number of hydrogen-bond donors (Lipinski definition) is 0. The Balaban J connectivity index is 1.41. The smallest absolute Gasteiger partial charge is 0.227 e. The number of fused-ring (bicyclic) bond motifs is 2. The molecule has 0 bridgehead atoms. The van der Waals surface area contributed by atoms with Crippen molar-refractivity contribution in [1.82, 2.24) is 4.98 Å². The average Bonchev–Trinajstić information content (AvgIpc) is 3.04. The highest BCUT2D eigenvalue weighted by molar-refractivity contribution is 7.18. The van der Waals surface area contributed by atoms with Crippen molar-refractivity contribution in [2.45, 2.75) is 32.1 Å². The molecule has 4 rings (SSSR count). The van der Waals surface area contributed by atoms with Gasteiger partial charge < -0.3 is 4.90 Å². The van der Waals surface area contributed by atoms with Crippen LogP contribution < -0.4 is 4.90 Å². The Labute approximate surface area is 150 Å². The predicted octanol–water partition coefficient (Wildman–Crippen LogP) is 4.74. The molecular formula is C20H19FN2OS. The van der Waals surface area contributed by atoms with Crippen molar-refractivity contribution in [1.29, 1.82) is 0 Å². The molecule has 1 amide bonds. The van der Waals surface area contributed by atoms with Crippen molar-refractivity contribution < 1.29 is 9.18 Å². The molecule has 25 heavy (non-hydrogen) atoms. The van der Waals surface area contributed by atoms with Gasteiger partial charge in [0.2, 0.25) is 5.91 Å². The van der Waals surface area contributed by atoms with Crippen LogP contribution in [0.3, 0.4) is 0 Å². The van der Waals surface area contributed by atoms with Gasteiger partial charge in [-0.3, -0.25) is 4.79 Å². The second-order valence-corrected chi connectivity index (χ2v) is 7.44. The fourth-order valence-corrected chi connectivity index (χ4v) is 4.41. The maximum Gasteiger partial charge on any atom is 0.227 e. The molecule has 5 heteroatoms. The van der Waals surface area contributed by atoms with E-state index in [0.29, 0.717) is 18.7 Å². The molecule has 0 N–H and O–H groups in total. The molecule has 3 aromatic rings. The Bertz CT molecular complexity index is 888. The van der Waals surface area contributed by atoms with Crippen LogP contribution >= 0.6 is 11.3 Å². The first-order valence-electron chi connectivity index (χ1n) is 8.64. The van der Waals surface area contributed by atoms with Gasteiger partial charge >= 0.3 is 0 Å². The topological polar surface area (TPSA) is 33.2 Å². The summed E-state index contributed by atoms with van der Waals surface area (Å²) in [7, 11) is 0. The van der Waals surface area contributed by atoms with Gasteiger partial charge in [0, 0.05) is 13.0 Å². The number of thiazole rings is 1. The lowest BCUT2D eigenvalue weighted by Gasteiger charge is -2.29. The van der Waals surface area contributed by atoms with Crippen LogP contribution in [0.4, 0.5) is 10.1 Å². The summed E-state index contributed by atoms with van der Waals surface area (Å²) in [5.74, 6) is -0.288. The summed E-state index contributed by atoms with van der Waals surface area (Å²) in [5, 5.41) is 1.05. The second kappa shape index (κ2) is 6.92. The number of aromatic nitrogens is 1. The molecule has 1 aliphatic rings. The molecule has 0 saturated carbocycles. The second-order valence-electron chi connectivity index (χ2n) is 6.33. The van der Waals surface area contributed by atoms with E-state index in [1.54, 1.807) is 22.3 Å². The van der Waals surface area contributed by atoms with Crippen LogP contribution in [-0.2, 0) is 17.6 Å². The first kappa shape index (κ1) is 16.2. The zero-order valence-corrected chi connectivity index (χ0v) is 14.7. The molecule has 1 aromatic heterocycles. The van der Waals surface area contributed by atoms with E-state index < -0.39 is 0 Å². The number of hydrogen-bond acceptors (Lipinski definition) is 3. The Morgan fingerprint density at radius 1 is 1.20 bits per heavy atom. The van der Waals surface area contributed by atoms with Gasteiger partial charge in [-0.25, -0.2) is 9.37 Å². The van der Waals surface area contributed by atoms with E-state index in [1.807, 2.05) is 24.3 Å². The van der Waals surface area contributed by atoms with Gasteiger partial charge in [-0.1, -0.05) is 24.3 Å². The Morgan fingerprint density at radius 3 is 2.96 bits per heavy atom. The summed E-state index contributed by atoms with van der Waals surface area (Å²) >= 11 is 1.68. The lowest BCUT2D eigenvalue weighted by atomic mass is 10.0. The highest BCUT2D eigenvalue weighted by atomic mass is 32.1. The lowest BCUT2D eigenvalue weighted by molar-refractivity contribution is -0.118. The minimum absolute atomic E-state index is 0.00663. The number of rotatable bonds is 4. The zero-order chi connectivity index (χ0) is 17.2. The molecule has 128 valence electrons. The molecule has 0 fully saturated rings. The largest absolute Gasteiger partial charge is 0.309 e. The molecule has 0 spiro atoms. The van der Waals surface area contributed by atoms with Gasteiger partial charge in [-0.2, -0.15) is 0 Å². The van der Waals surface area contributed by atoms with Crippen LogP contribution in [0, 0.1) is 5.82 Å². The number of anilines is 1. The normalized spacial score (nSPS) is 13.9. The van der Waals surface area contributed by atoms with E-state index in [4.69, 9.17) is 0 Å². The molecular weight excluding hydrogens is 335 g/mol. The predicted molar refractivity (Wildman–Crippen MR) is 99.6 cm³/mol. The van der Waals surface area contributed by atoms with E-state index in [9.17, 15) is 9.18 Å². The Morgan fingerprint density at radius 2 is 2.08 bits per heavy atom. The van der Waals surface area contributed by atoms with Crippen molar-refractivity contribution in [3.63, 3.8) is 0 Å². The summed E-state index contributed by atoms with van der Waals surface area (Å²) in [6.45, 7) is 0.605. The van der Waals surface area contributed by atoms with Crippen LogP contribution in [0.1, 0.15) is 29.8 Å². The summed E-state index contributed by atoms with van der Waals surface area (Å²) in [6, 6.07) is 13.1. The number of amides is 1. The molecule has 0 atom stereocenters. The molecule has 0 radical (unpaired) electrons. The lowest BCUT2D eigenvalue weighted by Crippen LogP contribution is -2.36. The molecule has 2 aromatic carbocycles. The first-order valence-corrected chi connectivity index (χ1v) is 9.46. The Kier molecular flexibility index (Phi) is 4.49. The van der Waals surface area contributed by atoms with Crippen LogP contribution in [0.2, 0.25) is 0 Å². The van der Waals surface area contributed by atoms with Gasteiger partial charge in [0.05, 0.1) is 20.9 Å². The summed E-state index contributed by atoms with van der Waals surface area (Å²) in [4.78, 5) is 18.9. The molecule has 2 heterocycles. The maximum absolute atomic E-state index is 14.2. The maximum atomic E-state index is 14.2. The fourth-order valence-electron chi connectivity index (χ4n) is 3.41. The summed E-state index contributed by atoms with van der Waals surface area (Å²) < 4.78 is 15.4. The van der Waals surface area contributed by atoms with Gasteiger partial charge in [-0.05, 0) is 49.4 Å². The monoisotopic (exact) mass is 354 g/mol. The molecule has 0 unspecified atom stereocenters. The van der Waals surface area contributed by atoms with Crippen molar-refractivity contribution in [3.05, 3.63) is 58.9 Å². The van der Waals surface area contributed by atoms with Gasteiger partial charge in [0.1, 0.15) is 5.82 Å². The van der Waals surface area contributed by atoms with Crippen molar-refractivity contribution in [3.8, 4) is 0 Å². The van der Waals surface area contributed by atoms with E-state index >= 15 is 0 Å². The number of halogens is 1. The van der Waals surface area contributed by atoms with Crippen LogP contribution in [0.15, 0.2) is 42.5 Å². The van der Waals surface area contributed by atoms with Crippen LogP contribution in [0.5, 0.6) is 0 Å². The average molecular weight is 354 g/mol. The highest BCUT2D eigenvalue weighted by Crippen LogP contribution is 2.30. The number of aryl methyl sites for hydroxylation is 2. The van der Waals surface area contributed by atoms with Crippen molar-refractivity contribution >= 4 is 33.1 Å². The third-order valence-corrected chi connectivity index (χ3v) is 5.68. The number of nitrogens with zero attached hydrogens (tertiary/aromatic N) is 2. The van der Waals surface area contributed by atoms with E-state index in [1.165, 1.54) is 10.8 Å². The molecule has 0 saturated heterocycles. The molecule has 1 aliphatic heterocycles. The van der Waals surface area contributed by atoms with Gasteiger partial charge in [-0.15, -0.1) is 11.3 Å². The summed E-state index contributed by atoms with van der Waals surface area (Å²) in [5.41, 5.74) is 2.44. The number of carbonyl (C=O) groups excluding carboxylic acids is 1. The third-order valence-electron chi connectivity index (χ3n) is 4.59. The quantitative estimate of drug-likeness (QED) is 0.678. The molecule has 3 nitrogen and oxygen atoms in total. The van der Waals surface area contributed by atoms with Gasteiger partial charge in [0.15, 0.2) is 0 Å².